The predicted molar refractivity (Wildman–Crippen MR) is 49.5 cm³/mol. The van der Waals surface area contributed by atoms with E-state index in [0.717, 1.165) is 12.8 Å². The minimum Gasteiger partial charge on any atom is -0.388 e. The van der Waals surface area contributed by atoms with Gasteiger partial charge in [0.2, 0.25) is 0 Å². The topological polar surface area (TPSA) is 20.2 Å². The lowest BCUT2D eigenvalue weighted by Crippen LogP contribution is -2.23. The van der Waals surface area contributed by atoms with Crippen molar-refractivity contribution in [2.24, 2.45) is 5.41 Å². The van der Waals surface area contributed by atoms with Crippen LogP contribution in [0.5, 0.6) is 0 Å². The van der Waals surface area contributed by atoms with Gasteiger partial charge in [-0.1, -0.05) is 46.3 Å². The van der Waals surface area contributed by atoms with Gasteiger partial charge in [-0.05, 0) is 11.8 Å². The third kappa shape index (κ3) is 5.02. The summed E-state index contributed by atoms with van der Waals surface area (Å²) >= 11 is 0. The number of hydrogen-bond donors (Lipinski definition) is 1. The molecule has 11 heavy (non-hydrogen) atoms. The van der Waals surface area contributed by atoms with Crippen LogP contribution >= 0.6 is 0 Å². The fourth-order valence-corrected chi connectivity index (χ4v) is 0.680. The quantitative estimate of drug-likeness (QED) is 0.623. The SMILES string of the molecule is CCC/C=C/C(O)C(C)(C)C. The summed E-state index contributed by atoms with van der Waals surface area (Å²) in [5.41, 5.74) is -0.0236. The van der Waals surface area contributed by atoms with Crippen molar-refractivity contribution >= 4 is 0 Å². The molecule has 0 fully saturated rings. The largest absolute Gasteiger partial charge is 0.388 e. The van der Waals surface area contributed by atoms with Crippen molar-refractivity contribution in [1.82, 2.24) is 0 Å². The van der Waals surface area contributed by atoms with Gasteiger partial charge in [0.15, 0.2) is 0 Å². The molecule has 0 aliphatic rings. The molecule has 0 spiro atoms. The van der Waals surface area contributed by atoms with E-state index in [1.807, 2.05) is 26.8 Å². The van der Waals surface area contributed by atoms with Crippen molar-refractivity contribution in [3.05, 3.63) is 12.2 Å². The van der Waals surface area contributed by atoms with E-state index in [1.165, 1.54) is 0 Å². The molecule has 66 valence electrons. The first-order valence-electron chi connectivity index (χ1n) is 4.33. The molecule has 0 saturated carbocycles. The van der Waals surface area contributed by atoms with Crippen LogP contribution in [0.25, 0.3) is 0 Å². The van der Waals surface area contributed by atoms with Crippen LogP contribution in [0.2, 0.25) is 0 Å². The Morgan fingerprint density at radius 3 is 2.27 bits per heavy atom. The Kier molecular flexibility index (Phi) is 4.43. The third-order valence-electron chi connectivity index (χ3n) is 1.66. The Balaban J connectivity index is 3.77. The molecule has 0 aromatic heterocycles. The van der Waals surface area contributed by atoms with Gasteiger partial charge >= 0.3 is 0 Å². The summed E-state index contributed by atoms with van der Waals surface area (Å²) in [4.78, 5) is 0. The van der Waals surface area contributed by atoms with Gasteiger partial charge < -0.3 is 5.11 Å². The second-order valence-electron chi connectivity index (χ2n) is 4.03. The van der Waals surface area contributed by atoms with Crippen LogP contribution in [0.15, 0.2) is 12.2 Å². The Hall–Kier alpha value is -0.300. The van der Waals surface area contributed by atoms with Gasteiger partial charge in [0.05, 0.1) is 6.10 Å². The molecule has 1 nitrogen and oxygen atoms in total. The lowest BCUT2D eigenvalue weighted by molar-refractivity contribution is 0.105. The van der Waals surface area contributed by atoms with Gasteiger partial charge in [0.1, 0.15) is 0 Å². The summed E-state index contributed by atoms with van der Waals surface area (Å²) in [5, 5.41) is 9.53. The van der Waals surface area contributed by atoms with Gasteiger partial charge in [-0.15, -0.1) is 0 Å². The molecule has 1 N–H and O–H groups in total. The molecule has 0 aliphatic heterocycles. The van der Waals surface area contributed by atoms with Gasteiger partial charge in [-0.2, -0.15) is 0 Å². The first-order valence-corrected chi connectivity index (χ1v) is 4.33. The van der Waals surface area contributed by atoms with Crippen LogP contribution in [0, 0.1) is 5.41 Å². The second kappa shape index (κ2) is 4.55. The second-order valence-corrected chi connectivity index (χ2v) is 4.03. The molecule has 0 amide bonds. The molecule has 1 heteroatoms. The molecule has 0 heterocycles. The van der Waals surface area contributed by atoms with Crippen LogP contribution in [0.3, 0.4) is 0 Å². The Morgan fingerprint density at radius 1 is 1.36 bits per heavy atom. The molecule has 0 radical (unpaired) electrons. The van der Waals surface area contributed by atoms with E-state index in [-0.39, 0.29) is 11.5 Å². The first-order chi connectivity index (χ1) is 4.98. The van der Waals surface area contributed by atoms with Crippen molar-refractivity contribution in [3.63, 3.8) is 0 Å². The maximum Gasteiger partial charge on any atom is 0.0769 e. The molecule has 0 saturated heterocycles. The van der Waals surface area contributed by atoms with Crippen LogP contribution in [0.4, 0.5) is 0 Å². The van der Waals surface area contributed by atoms with Crippen molar-refractivity contribution in [2.45, 2.75) is 46.6 Å². The van der Waals surface area contributed by atoms with E-state index in [2.05, 4.69) is 13.0 Å². The average molecular weight is 156 g/mol. The highest BCUT2D eigenvalue weighted by atomic mass is 16.3. The van der Waals surface area contributed by atoms with E-state index in [4.69, 9.17) is 0 Å². The number of aliphatic hydroxyl groups is 1. The number of rotatable bonds is 3. The third-order valence-corrected chi connectivity index (χ3v) is 1.66. The normalized spacial score (nSPS) is 15.7. The lowest BCUT2D eigenvalue weighted by Gasteiger charge is -2.22. The van der Waals surface area contributed by atoms with Crippen molar-refractivity contribution < 1.29 is 5.11 Å². The predicted octanol–water partition coefficient (Wildman–Crippen LogP) is 2.75. The number of hydrogen-bond acceptors (Lipinski definition) is 1. The average Bonchev–Trinajstić information content (AvgIpc) is 1.86. The first kappa shape index (κ1) is 10.7. The maximum absolute atomic E-state index is 9.53. The van der Waals surface area contributed by atoms with Gasteiger partial charge in [0.25, 0.3) is 0 Å². The van der Waals surface area contributed by atoms with Gasteiger partial charge in [-0.3, -0.25) is 0 Å². The van der Waals surface area contributed by atoms with Crippen LogP contribution in [-0.2, 0) is 0 Å². The van der Waals surface area contributed by atoms with Crippen LogP contribution in [-0.4, -0.2) is 11.2 Å². The zero-order chi connectivity index (χ0) is 8.91. The zero-order valence-corrected chi connectivity index (χ0v) is 8.09. The molecular formula is C10H20O. The summed E-state index contributed by atoms with van der Waals surface area (Å²) in [5.74, 6) is 0. The fraction of sp³-hybridized carbons (Fsp3) is 0.800. The molecular weight excluding hydrogens is 136 g/mol. The molecule has 1 atom stereocenters. The summed E-state index contributed by atoms with van der Waals surface area (Å²) in [6.07, 6.45) is 5.84. The van der Waals surface area contributed by atoms with E-state index in [9.17, 15) is 5.11 Å². The minimum atomic E-state index is -0.311. The minimum absolute atomic E-state index is 0.0236. The Labute approximate surface area is 70.1 Å². The summed E-state index contributed by atoms with van der Waals surface area (Å²) < 4.78 is 0. The molecule has 1 unspecified atom stereocenters. The number of aliphatic hydroxyl groups excluding tert-OH is 1. The molecule has 0 rings (SSSR count). The zero-order valence-electron chi connectivity index (χ0n) is 8.09. The Bertz CT molecular complexity index is 119. The summed E-state index contributed by atoms with van der Waals surface area (Å²) in [7, 11) is 0. The molecule has 0 bridgehead atoms. The number of unbranched alkanes of at least 4 members (excludes halogenated alkanes) is 1. The fourth-order valence-electron chi connectivity index (χ4n) is 0.680. The van der Waals surface area contributed by atoms with Crippen molar-refractivity contribution in [2.75, 3.05) is 0 Å². The smallest absolute Gasteiger partial charge is 0.0769 e. The van der Waals surface area contributed by atoms with Crippen molar-refractivity contribution in [1.29, 1.82) is 0 Å². The monoisotopic (exact) mass is 156 g/mol. The highest BCUT2D eigenvalue weighted by Gasteiger charge is 2.18. The number of allylic oxidation sites excluding steroid dienone is 1. The van der Waals surface area contributed by atoms with Crippen LogP contribution in [0.1, 0.15) is 40.5 Å². The van der Waals surface area contributed by atoms with E-state index in [0.29, 0.717) is 0 Å². The standard InChI is InChI=1S/C10H20O/c1-5-6-7-8-9(11)10(2,3)4/h7-9,11H,5-6H2,1-4H3/b8-7+. The van der Waals surface area contributed by atoms with Gasteiger partial charge in [0, 0.05) is 0 Å². The van der Waals surface area contributed by atoms with E-state index < -0.39 is 0 Å². The molecule has 0 aromatic rings. The summed E-state index contributed by atoms with van der Waals surface area (Å²) in [6.45, 7) is 8.24. The maximum atomic E-state index is 9.53. The van der Waals surface area contributed by atoms with E-state index >= 15 is 0 Å². The van der Waals surface area contributed by atoms with Crippen LogP contribution < -0.4 is 0 Å². The van der Waals surface area contributed by atoms with Gasteiger partial charge in [-0.25, -0.2) is 0 Å². The molecule has 0 aliphatic carbocycles. The lowest BCUT2D eigenvalue weighted by atomic mass is 9.89. The Morgan fingerprint density at radius 2 is 1.91 bits per heavy atom. The summed E-state index contributed by atoms with van der Waals surface area (Å²) in [6, 6.07) is 0. The van der Waals surface area contributed by atoms with Crippen molar-refractivity contribution in [3.8, 4) is 0 Å². The van der Waals surface area contributed by atoms with E-state index in [1.54, 1.807) is 0 Å². The molecule has 0 aromatic carbocycles. The highest BCUT2D eigenvalue weighted by Crippen LogP contribution is 2.19. The highest BCUT2D eigenvalue weighted by molar-refractivity contribution is 4.93.